The summed E-state index contributed by atoms with van der Waals surface area (Å²) in [7, 11) is 0. The van der Waals surface area contributed by atoms with Crippen LogP contribution in [0.5, 0.6) is 0 Å². The molecule has 0 saturated carbocycles. The van der Waals surface area contributed by atoms with Gasteiger partial charge in [-0.2, -0.15) is 10.4 Å². The van der Waals surface area contributed by atoms with Crippen LogP contribution in [0.25, 0.3) is 10.8 Å². The van der Waals surface area contributed by atoms with Crippen LogP contribution in [0, 0.1) is 32.1 Å². The molecule has 0 unspecified atom stereocenters. The predicted octanol–water partition coefficient (Wildman–Crippen LogP) is 2.81. The highest BCUT2D eigenvalue weighted by molar-refractivity contribution is 7.13. The second kappa shape index (κ2) is 5.82. The zero-order valence-corrected chi connectivity index (χ0v) is 13.8. The zero-order valence-electron chi connectivity index (χ0n) is 13.0. The van der Waals surface area contributed by atoms with Gasteiger partial charge in [0.25, 0.3) is 5.56 Å². The quantitative estimate of drug-likeness (QED) is 0.739. The molecule has 0 bridgehead atoms. The van der Waals surface area contributed by atoms with Crippen molar-refractivity contribution < 1.29 is 4.42 Å². The summed E-state index contributed by atoms with van der Waals surface area (Å²) in [6, 6.07) is 5.71. The Labute approximate surface area is 136 Å². The van der Waals surface area contributed by atoms with Crippen LogP contribution in [0.4, 0.5) is 0 Å². The van der Waals surface area contributed by atoms with Crippen molar-refractivity contribution >= 4 is 11.3 Å². The lowest BCUT2D eigenvalue weighted by Gasteiger charge is -2.07. The Morgan fingerprint density at radius 3 is 2.78 bits per heavy atom. The highest BCUT2D eigenvalue weighted by Gasteiger charge is 2.14. The molecule has 3 aromatic rings. The molecule has 0 aromatic carbocycles. The fraction of sp³-hybridized carbons (Fsp3) is 0.250. The first-order valence-corrected chi connectivity index (χ1v) is 7.87. The van der Waals surface area contributed by atoms with Crippen LogP contribution >= 0.6 is 11.3 Å². The molecule has 6 nitrogen and oxygen atoms in total. The first-order chi connectivity index (χ1) is 11.0. The summed E-state index contributed by atoms with van der Waals surface area (Å²) in [5.41, 5.74) is 1.74. The molecule has 0 aliphatic rings. The van der Waals surface area contributed by atoms with Crippen molar-refractivity contribution in [2.75, 3.05) is 0 Å². The molecule has 23 heavy (non-hydrogen) atoms. The van der Waals surface area contributed by atoms with E-state index in [0.717, 1.165) is 10.8 Å². The monoisotopic (exact) mass is 326 g/mol. The van der Waals surface area contributed by atoms with Gasteiger partial charge in [-0.3, -0.25) is 4.79 Å². The molecule has 0 radical (unpaired) electrons. The van der Waals surface area contributed by atoms with Crippen molar-refractivity contribution in [1.82, 2.24) is 14.8 Å². The molecule has 0 atom stereocenters. The van der Waals surface area contributed by atoms with Gasteiger partial charge in [0.1, 0.15) is 17.4 Å². The van der Waals surface area contributed by atoms with E-state index < -0.39 is 0 Å². The Balaban J connectivity index is 1.95. The van der Waals surface area contributed by atoms with E-state index in [0.29, 0.717) is 22.7 Å². The molecule has 116 valence electrons. The Morgan fingerprint density at radius 1 is 1.35 bits per heavy atom. The van der Waals surface area contributed by atoms with Crippen LogP contribution in [-0.2, 0) is 6.54 Å². The number of aryl methyl sites for hydroxylation is 2. The van der Waals surface area contributed by atoms with Crippen LogP contribution in [0.15, 0.2) is 26.7 Å². The van der Waals surface area contributed by atoms with Crippen LogP contribution in [0.1, 0.15) is 28.3 Å². The Bertz CT molecular complexity index is 975. The van der Waals surface area contributed by atoms with Crippen LogP contribution in [0.3, 0.4) is 0 Å². The number of thiazole rings is 1. The van der Waals surface area contributed by atoms with Crippen molar-refractivity contribution in [1.29, 1.82) is 5.26 Å². The normalized spacial score (nSPS) is 10.7. The predicted molar refractivity (Wildman–Crippen MR) is 86.3 cm³/mol. The van der Waals surface area contributed by atoms with Crippen LogP contribution < -0.4 is 5.56 Å². The summed E-state index contributed by atoms with van der Waals surface area (Å²) in [5.74, 6) is 1.53. The molecule has 0 saturated heterocycles. The second-order valence-corrected chi connectivity index (χ2v) is 6.07. The van der Waals surface area contributed by atoms with Crippen molar-refractivity contribution in [3.8, 4) is 16.8 Å². The van der Waals surface area contributed by atoms with Crippen molar-refractivity contribution in [2.45, 2.75) is 27.3 Å². The lowest BCUT2D eigenvalue weighted by Crippen LogP contribution is -2.28. The number of rotatable bonds is 3. The van der Waals surface area contributed by atoms with E-state index in [1.807, 2.05) is 30.5 Å². The highest BCUT2D eigenvalue weighted by atomic mass is 32.1. The van der Waals surface area contributed by atoms with Crippen LogP contribution in [-0.4, -0.2) is 14.8 Å². The van der Waals surface area contributed by atoms with Crippen molar-refractivity contribution in [3.05, 3.63) is 56.1 Å². The number of hydrogen-bond donors (Lipinski definition) is 0. The van der Waals surface area contributed by atoms with Crippen molar-refractivity contribution in [3.63, 3.8) is 0 Å². The molecule has 0 amide bonds. The molecule has 0 fully saturated rings. The lowest BCUT2D eigenvalue weighted by atomic mass is 10.1. The largest absolute Gasteiger partial charge is 0.459 e. The third kappa shape index (κ3) is 2.81. The Hall–Kier alpha value is -2.72. The maximum absolute atomic E-state index is 12.3. The smallest absolute Gasteiger partial charge is 0.285 e. The SMILES string of the molecule is Cc1ccc(-c2nc(Cn3nc(C)c(C)c(C#N)c3=O)cs2)o1. The Kier molecular flexibility index (Phi) is 3.84. The van der Waals surface area contributed by atoms with Gasteiger partial charge < -0.3 is 4.42 Å². The standard InChI is InChI=1S/C16H14N4O2S/c1-9-4-5-14(22-9)15-18-12(8-23-15)7-20-16(21)13(6-17)10(2)11(3)19-20/h4-5,8H,7H2,1-3H3. The average molecular weight is 326 g/mol. The summed E-state index contributed by atoms with van der Waals surface area (Å²) in [4.78, 5) is 16.8. The van der Waals surface area contributed by atoms with E-state index in [1.165, 1.54) is 16.0 Å². The summed E-state index contributed by atoms with van der Waals surface area (Å²) in [5, 5.41) is 16.0. The molecular weight excluding hydrogens is 312 g/mol. The van der Waals surface area contributed by atoms with Gasteiger partial charge in [-0.1, -0.05) is 0 Å². The van der Waals surface area contributed by atoms with E-state index in [-0.39, 0.29) is 17.7 Å². The van der Waals surface area contributed by atoms with Gasteiger partial charge in [-0.25, -0.2) is 9.67 Å². The third-order valence-corrected chi connectivity index (χ3v) is 4.47. The maximum atomic E-state index is 12.3. The fourth-order valence-corrected chi connectivity index (χ4v) is 2.98. The molecule has 0 spiro atoms. The van der Waals surface area contributed by atoms with Crippen LogP contribution in [0.2, 0.25) is 0 Å². The zero-order chi connectivity index (χ0) is 16.6. The summed E-state index contributed by atoms with van der Waals surface area (Å²) in [6.07, 6.45) is 0. The number of nitriles is 1. The summed E-state index contributed by atoms with van der Waals surface area (Å²) < 4.78 is 6.83. The molecule has 0 aliphatic heterocycles. The third-order valence-electron chi connectivity index (χ3n) is 3.56. The highest BCUT2D eigenvalue weighted by Crippen LogP contribution is 2.25. The molecule has 3 heterocycles. The summed E-state index contributed by atoms with van der Waals surface area (Å²) >= 11 is 1.45. The molecule has 7 heteroatoms. The maximum Gasteiger partial charge on any atom is 0.285 e. The van der Waals surface area contributed by atoms with Gasteiger partial charge in [0.05, 0.1) is 17.9 Å². The number of aromatic nitrogens is 3. The molecule has 0 aliphatic carbocycles. The van der Waals surface area contributed by atoms with E-state index in [4.69, 9.17) is 9.68 Å². The lowest BCUT2D eigenvalue weighted by molar-refractivity contribution is 0.547. The van der Waals surface area contributed by atoms with Gasteiger partial charge in [0.2, 0.25) is 0 Å². The van der Waals surface area contributed by atoms with E-state index in [1.54, 1.807) is 13.8 Å². The summed E-state index contributed by atoms with van der Waals surface area (Å²) in [6.45, 7) is 5.61. The second-order valence-electron chi connectivity index (χ2n) is 5.21. The van der Waals surface area contributed by atoms with E-state index in [9.17, 15) is 4.79 Å². The van der Waals surface area contributed by atoms with Gasteiger partial charge in [-0.05, 0) is 38.5 Å². The number of furan rings is 1. The van der Waals surface area contributed by atoms with Gasteiger partial charge >= 0.3 is 0 Å². The average Bonchev–Trinajstić information content (AvgIpc) is 3.14. The Morgan fingerprint density at radius 2 is 2.13 bits per heavy atom. The molecule has 3 aromatic heterocycles. The minimum Gasteiger partial charge on any atom is -0.459 e. The first-order valence-electron chi connectivity index (χ1n) is 6.99. The van der Waals surface area contributed by atoms with E-state index in [2.05, 4.69) is 10.1 Å². The van der Waals surface area contributed by atoms with Gasteiger partial charge in [-0.15, -0.1) is 11.3 Å². The molecule has 0 N–H and O–H groups in total. The molecule has 3 rings (SSSR count). The number of hydrogen-bond acceptors (Lipinski definition) is 6. The van der Waals surface area contributed by atoms with Crippen molar-refractivity contribution in [2.24, 2.45) is 0 Å². The minimum atomic E-state index is -0.390. The van der Waals surface area contributed by atoms with E-state index >= 15 is 0 Å². The molecular formula is C16H14N4O2S. The van der Waals surface area contributed by atoms with Gasteiger partial charge in [0, 0.05) is 5.38 Å². The number of nitrogens with zero attached hydrogens (tertiary/aromatic N) is 4. The van der Waals surface area contributed by atoms with Gasteiger partial charge in [0.15, 0.2) is 10.8 Å². The minimum absolute atomic E-state index is 0.134. The first kappa shape index (κ1) is 15.2. The topological polar surface area (TPSA) is 84.7 Å². The fourth-order valence-electron chi connectivity index (χ4n) is 2.21.